The molecule has 2 aromatic rings. The van der Waals surface area contributed by atoms with E-state index in [0.29, 0.717) is 17.7 Å². The number of rotatable bonds is 7. The second-order valence-corrected chi connectivity index (χ2v) is 5.74. The zero-order valence-electron chi connectivity index (χ0n) is 11.9. The van der Waals surface area contributed by atoms with E-state index in [4.69, 9.17) is 4.74 Å². The first kappa shape index (κ1) is 15.3. The minimum Gasteiger partial charge on any atom is -0.496 e. The molecule has 0 aliphatic rings. The van der Waals surface area contributed by atoms with E-state index in [2.05, 4.69) is 12.1 Å². The van der Waals surface area contributed by atoms with Crippen LogP contribution in [0.4, 0.5) is 0 Å². The highest BCUT2D eigenvalue weighted by Gasteiger charge is 2.22. The third-order valence-electron chi connectivity index (χ3n) is 3.33. The lowest BCUT2D eigenvalue weighted by molar-refractivity contribution is -0.119. The average Bonchev–Trinajstić information content (AvgIpc) is 3.02. The summed E-state index contributed by atoms with van der Waals surface area (Å²) in [5.74, 6) is -0.196. The number of para-hydroxylation sites is 1. The van der Waals surface area contributed by atoms with E-state index < -0.39 is 5.92 Å². The van der Waals surface area contributed by atoms with Crippen molar-refractivity contribution in [3.63, 3.8) is 0 Å². The predicted molar refractivity (Wildman–Crippen MR) is 83.6 cm³/mol. The largest absolute Gasteiger partial charge is 0.496 e. The molecule has 0 N–H and O–H groups in total. The summed E-state index contributed by atoms with van der Waals surface area (Å²) in [5.41, 5.74) is 0.656. The number of carbonyl (C=O) groups is 1. The van der Waals surface area contributed by atoms with Crippen molar-refractivity contribution in [2.24, 2.45) is 0 Å². The van der Waals surface area contributed by atoms with E-state index in [1.165, 1.54) is 4.88 Å². The molecular formula is C17H17NO2S. The Morgan fingerprint density at radius 1 is 1.33 bits per heavy atom. The molecule has 0 aliphatic carbocycles. The molecule has 0 fully saturated rings. The van der Waals surface area contributed by atoms with Crippen LogP contribution in [0, 0.1) is 11.3 Å². The van der Waals surface area contributed by atoms with E-state index >= 15 is 0 Å². The molecule has 1 heterocycles. The molecule has 1 unspecified atom stereocenters. The highest BCUT2D eigenvalue weighted by molar-refractivity contribution is 7.09. The van der Waals surface area contributed by atoms with Crippen molar-refractivity contribution in [2.75, 3.05) is 7.11 Å². The maximum atomic E-state index is 12.3. The maximum Gasteiger partial charge on any atom is 0.154 e. The van der Waals surface area contributed by atoms with Crippen LogP contribution in [0.25, 0.3) is 0 Å². The minimum atomic E-state index is -0.746. The van der Waals surface area contributed by atoms with Crippen molar-refractivity contribution in [3.05, 3.63) is 52.2 Å². The number of methoxy groups -OCH3 is 1. The number of nitrogens with zero attached hydrogens (tertiary/aromatic N) is 1. The SMILES string of the molecule is COc1ccccc1C(C#N)C(=O)CCCc1cccs1. The van der Waals surface area contributed by atoms with Gasteiger partial charge in [0.1, 0.15) is 11.7 Å². The lowest BCUT2D eigenvalue weighted by Crippen LogP contribution is -2.12. The number of nitriles is 1. The topological polar surface area (TPSA) is 50.1 Å². The summed E-state index contributed by atoms with van der Waals surface area (Å²) in [4.78, 5) is 13.6. The fraction of sp³-hybridized carbons (Fsp3) is 0.294. The number of benzene rings is 1. The fourth-order valence-electron chi connectivity index (χ4n) is 2.26. The van der Waals surface area contributed by atoms with Gasteiger partial charge >= 0.3 is 0 Å². The number of Topliss-reactive ketones (excluding diaryl/α,β-unsaturated/α-hetero) is 1. The number of hydrogen-bond donors (Lipinski definition) is 0. The second-order valence-electron chi connectivity index (χ2n) is 4.70. The zero-order chi connectivity index (χ0) is 15.1. The number of ether oxygens (including phenoxy) is 1. The van der Waals surface area contributed by atoms with Crippen LogP contribution in [0.5, 0.6) is 5.75 Å². The van der Waals surface area contributed by atoms with Crippen LogP contribution < -0.4 is 4.74 Å². The number of ketones is 1. The van der Waals surface area contributed by atoms with Crippen LogP contribution in [0.1, 0.15) is 29.2 Å². The first-order valence-electron chi connectivity index (χ1n) is 6.84. The van der Waals surface area contributed by atoms with Crippen LogP contribution in [0.3, 0.4) is 0 Å². The molecule has 0 spiro atoms. The number of carbonyl (C=O) groups excluding carboxylic acids is 1. The zero-order valence-corrected chi connectivity index (χ0v) is 12.7. The lowest BCUT2D eigenvalue weighted by Gasteiger charge is -2.12. The molecule has 0 amide bonds. The Morgan fingerprint density at radius 3 is 2.81 bits per heavy atom. The van der Waals surface area contributed by atoms with Crippen molar-refractivity contribution in [1.82, 2.24) is 0 Å². The molecule has 0 aliphatic heterocycles. The molecule has 0 saturated heterocycles. The van der Waals surface area contributed by atoms with E-state index in [9.17, 15) is 10.1 Å². The third kappa shape index (κ3) is 3.93. The highest BCUT2D eigenvalue weighted by Crippen LogP contribution is 2.28. The Hall–Kier alpha value is -2.12. The van der Waals surface area contributed by atoms with Gasteiger partial charge in [0.2, 0.25) is 0 Å². The molecule has 21 heavy (non-hydrogen) atoms. The predicted octanol–water partition coefficient (Wildman–Crippen LogP) is 3.96. The van der Waals surface area contributed by atoms with E-state index in [0.717, 1.165) is 12.8 Å². The molecule has 1 aromatic carbocycles. The molecule has 2 rings (SSSR count). The van der Waals surface area contributed by atoms with Gasteiger partial charge in [-0.05, 0) is 30.4 Å². The molecular weight excluding hydrogens is 282 g/mol. The average molecular weight is 299 g/mol. The molecule has 108 valence electrons. The van der Waals surface area contributed by atoms with Crippen molar-refractivity contribution in [3.8, 4) is 11.8 Å². The van der Waals surface area contributed by atoms with Gasteiger partial charge in [-0.25, -0.2) is 0 Å². The van der Waals surface area contributed by atoms with Crippen molar-refractivity contribution < 1.29 is 9.53 Å². The monoisotopic (exact) mass is 299 g/mol. The van der Waals surface area contributed by atoms with Crippen molar-refractivity contribution >= 4 is 17.1 Å². The summed E-state index contributed by atoms with van der Waals surface area (Å²) in [7, 11) is 1.55. The van der Waals surface area contributed by atoms with Gasteiger partial charge in [-0.3, -0.25) is 4.79 Å². The lowest BCUT2D eigenvalue weighted by atomic mass is 9.92. The van der Waals surface area contributed by atoms with E-state index in [-0.39, 0.29) is 5.78 Å². The quantitative estimate of drug-likeness (QED) is 0.777. The fourth-order valence-corrected chi connectivity index (χ4v) is 3.01. The molecule has 1 atom stereocenters. The van der Waals surface area contributed by atoms with Gasteiger partial charge in [0.25, 0.3) is 0 Å². The van der Waals surface area contributed by atoms with Gasteiger partial charge < -0.3 is 4.74 Å². The summed E-state index contributed by atoms with van der Waals surface area (Å²) >= 11 is 1.69. The normalized spacial score (nSPS) is 11.6. The summed E-state index contributed by atoms with van der Waals surface area (Å²) < 4.78 is 5.24. The van der Waals surface area contributed by atoms with Crippen LogP contribution in [-0.4, -0.2) is 12.9 Å². The van der Waals surface area contributed by atoms with Crippen LogP contribution in [0.15, 0.2) is 41.8 Å². The Balaban J connectivity index is 2.00. The van der Waals surface area contributed by atoms with Crippen molar-refractivity contribution in [1.29, 1.82) is 5.26 Å². The Labute approximate surface area is 128 Å². The molecule has 4 heteroatoms. The maximum absolute atomic E-state index is 12.3. The molecule has 1 aromatic heterocycles. The summed E-state index contributed by atoms with van der Waals surface area (Å²) in [6, 6.07) is 13.4. The van der Waals surface area contributed by atoms with Crippen LogP contribution in [-0.2, 0) is 11.2 Å². The van der Waals surface area contributed by atoms with Gasteiger partial charge in [0.15, 0.2) is 5.78 Å². The summed E-state index contributed by atoms with van der Waals surface area (Å²) in [6.07, 6.45) is 2.06. The van der Waals surface area contributed by atoms with Gasteiger partial charge in [-0.15, -0.1) is 11.3 Å². The number of aryl methyl sites for hydroxylation is 1. The molecule has 0 saturated carbocycles. The third-order valence-corrected chi connectivity index (χ3v) is 4.26. The summed E-state index contributed by atoms with van der Waals surface area (Å²) in [6.45, 7) is 0. The summed E-state index contributed by atoms with van der Waals surface area (Å²) in [5, 5.41) is 11.4. The highest BCUT2D eigenvalue weighted by atomic mass is 32.1. The van der Waals surface area contributed by atoms with Gasteiger partial charge in [0.05, 0.1) is 13.2 Å². The van der Waals surface area contributed by atoms with Crippen LogP contribution >= 0.6 is 11.3 Å². The second kappa shape index (κ2) is 7.61. The van der Waals surface area contributed by atoms with Gasteiger partial charge in [-0.1, -0.05) is 24.3 Å². The Kier molecular flexibility index (Phi) is 5.53. The standard InChI is InChI=1S/C17H17NO2S/c1-20-17-10-3-2-8-14(17)15(12-18)16(19)9-4-6-13-7-5-11-21-13/h2-3,5,7-8,10-11,15H,4,6,9H2,1H3. The van der Waals surface area contributed by atoms with Gasteiger partial charge in [-0.2, -0.15) is 5.26 Å². The first-order valence-corrected chi connectivity index (χ1v) is 7.72. The number of hydrogen-bond acceptors (Lipinski definition) is 4. The molecule has 3 nitrogen and oxygen atoms in total. The smallest absolute Gasteiger partial charge is 0.154 e. The molecule has 0 radical (unpaired) electrons. The number of thiophene rings is 1. The first-order chi connectivity index (χ1) is 10.3. The van der Waals surface area contributed by atoms with Crippen molar-refractivity contribution in [2.45, 2.75) is 25.2 Å². The Morgan fingerprint density at radius 2 is 2.14 bits per heavy atom. The van der Waals surface area contributed by atoms with Crippen LogP contribution in [0.2, 0.25) is 0 Å². The Bertz CT molecular complexity index is 628. The van der Waals surface area contributed by atoms with E-state index in [1.807, 2.05) is 23.6 Å². The van der Waals surface area contributed by atoms with Gasteiger partial charge in [0, 0.05) is 16.9 Å². The van der Waals surface area contributed by atoms with E-state index in [1.54, 1.807) is 30.6 Å². The minimum absolute atomic E-state index is 0.0430. The molecule has 0 bridgehead atoms.